The number of hydrogen-bond acceptors (Lipinski definition) is 8. The lowest BCUT2D eigenvalue weighted by molar-refractivity contribution is 0.0361. The number of rotatable bonds is 11. The third kappa shape index (κ3) is 7.59. The van der Waals surface area contributed by atoms with Gasteiger partial charge in [-0.25, -0.2) is 27.2 Å². The van der Waals surface area contributed by atoms with Crippen molar-refractivity contribution in [1.29, 1.82) is 0 Å². The van der Waals surface area contributed by atoms with Crippen molar-refractivity contribution in [2.45, 2.75) is 37.8 Å². The van der Waals surface area contributed by atoms with Gasteiger partial charge in [0.15, 0.2) is 5.82 Å². The molecule has 46 heavy (non-hydrogen) atoms. The minimum atomic E-state index is -4.07. The number of aromatic nitrogens is 3. The summed E-state index contributed by atoms with van der Waals surface area (Å²) in [5.74, 6) is -1.87. The molecule has 0 bridgehead atoms. The van der Waals surface area contributed by atoms with E-state index in [1.54, 1.807) is 61.5 Å². The molecule has 2 aromatic carbocycles. The topological polar surface area (TPSA) is 124 Å². The predicted molar refractivity (Wildman–Crippen MR) is 169 cm³/mol. The van der Waals surface area contributed by atoms with Gasteiger partial charge in [-0.3, -0.25) is 4.79 Å². The molecule has 236 valence electrons. The summed E-state index contributed by atoms with van der Waals surface area (Å²) < 4.78 is 63.3. The number of hydrogen-bond donors (Lipinski definition) is 1. The van der Waals surface area contributed by atoms with Gasteiger partial charge in [0.1, 0.15) is 11.5 Å². The van der Waals surface area contributed by atoms with Gasteiger partial charge in [0.2, 0.25) is 15.0 Å². The lowest BCUT2D eigenvalue weighted by Crippen LogP contribution is -2.24. The van der Waals surface area contributed by atoms with Gasteiger partial charge in [-0.05, 0) is 54.3 Å². The lowest BCUT2D eigenvalue weighted by atomic mass is 10.0. The lowest BCUT2D eigenvalue weighted by Gasteiger charge is -2.19. The zero-order valence-electron chi connectivity index (χ0n) is 24.8. The Kier molecular flexibility index (Phi) is 9.78. The van der Waals surface area contributed by atoms with Gasteiger partial charge in [-0.2, -0.15) is 0 Å². The summed E-state index contributed by atoms with van der Waals surface area (Å²) in [6.07, 6.45) is 5.51. The largest absolute Gasteiger partial charge is 0.410 e. The number of sulfone groups is 1. The molecule has 0 radical (unpaired) electrons. The molecule has 0 spiro atoms. The molecular formula is C34H30F2N4O5S. The number of nitrogens with zero attached hydrogens (tertiary/aromatic N) is 4. The van der Waals surface area contributed by atoms with Gasteiger partial charge in [-0.15, -0.1) is 0 Å². The molecule has 1 unspecified atom stereocenters. The van der Waals surface area contributed by atoms with Gasteiger partial charge >= 0.3 is 0 Å². The van der Waals surface area contributed by atoms with E-state index in [4.69, 9.17) is 4.74 Å². The second-order valence-corrected chi connectivity index (χ2v) is 12.7. The summed E-state index contributed by atoms with van der Waals surface area (Å²) in [4.78, 5) is 21.1. The van der Waals surface area contributed by atoms with Crippen LogP contribution in [-0.4, -0.2) is 39.6 Å². The Bertz CT molecular complexity index is 2040. The van der Waals surface area contributed by atoms with Crippen LogP contribution in [0.1, 0.15) is 29.3 Å². The maximum atomic E-state index is 14.9. The van der Waals surface area contributed by atoms with Crippen molar-refractivity contribution in [3.8, 4) is 11.3 Å². The Balaban J connectivity index is 1.40. The molecule has 2 aromatic heterocycles. The molecule has 9 nitrogen and oxygen atoms in total. The zero-order chi connectivity index (χ0) is 32.8. The minimum Gasteiger partial charge on any atom is -0.410 e. The first-order chi connectivity index (χ1) is 22.0. The number of allylic oxidation sites excluding steroid dienone is 5. The van der Waals surface area contributed by atoms with Crippen molar-refractivity contribution < 1.29 is 27.1 Å². The number of aryl methyl sites for hydroxylation is 1. The molecule has 4 aromatic rings. The minimum absolute atomic E-state index is 0.0289. The summed E-state index contributed by atoms with van der Waals surface area (Å²) in [6, 6.07) is 17.7. The van der Waals surface area contributed by atoms with Crippen molar-refractivity contribution in [1.82, 2.24) is 14.5 Å². The van der Waals surface area contributed by atoms with Gasteiger partial charge in [0, 0.05) is 23.0 Å². The standard InChI is InChI=1S/C34H30F2N4O5S/c1-22-12-13-24(17-30(22)39-42)19-40-20-27(18-29(36)33(40)41)31-16-23(2)37-34(38-31)46(43,44)15-14-32(25-8-4-3-5-9-25)45-21-26-10-6-7-11-28(26)35/h3-13,16-18,20,32,42H,1,14-15,19,21H2,2H3/b39-30-. The number of benzene rings is 2. The molecule has 1 atom stereocenters. The fraction of sp³-hybridized carbons (Fsp3) is 0.176. The normalized spacial score (nSPS) is 14.8. The Morgan fingerprint density at radius 1 is 1.02 bits per heavy atom. The molecule has 0 amide bonds. The van der Waals surface area contributed by atoms with E-state index >= 15 is 0 Å². The summed E-state index contributed by atoms with van der Waals surface area (Å²) in [5, 5.41) is 11.9. The molecule has 1 aliphatic carbocycles. The molecule has 1 aliphatic rings. The van der Waals surface area contributed by atoms with Crippen molar-refractivity contribution in [2.24, 2.45) is 5.16 Å². The first kappa shape index (κ1) is 32.3. The Morgan fingerprint density at radius 2 is 1.76 bits per heavy atom. The fourth-order valence-electron chi connectivity index (χ4n) is 4.86. The monoisotopic (exact) mass is 644 g/mol. The molecule has 0 saturated heterocycles. The van der Waals surface area contributed by atoms with E-state index in [-0.39, 0.29) is 42.3 Å². The van der Waals surface area contributed by atoms with Crippen LogP contribution in [0.3, 0.4) is 0 Å². The van der Waals surface area contributed by atoms with E-state index in [1.807, 2.05) is 6.07 Å². The third-order valence-electron chi connectivity index (χ3n) is 7.28. The van der Waals surface area contributed by atoms with Crippen LogP contribution >= 0.6 is 0 Å². The van der Waals surface area contributed by atoms with Crippen LogP contribution in [0, 0.1) is 18.6 Å². The highest BCUT2D eigenvalue weighted by atomic mass is 32.2. The van der Waals surface area contributed by atoms with Crippen LogP contribution in [0.2, 0.25) is 0 Å². The molecular weight excluding hydrogens is 614 g/mol. The summed E-state index contributed by atoms with van der Waals surface area (Å²) in [5.41, 5.74) is 1.97. The van der Waals surface area contributed by atoms with E-state index in [1.165, 1.54) is 24.4 Å². The number of oxime groups is 1. The quantitative estimate of drug-likeness (QED) is 0.123. The predicted octanol–water partition coefficient (Wildman–Crippen LogP) is 5.90. The van der Waals surface area contributed by atoms with E-state index in [9.17, 15) is 27.2 Å². The van der Waals surface area contributed by atoms with Crippen molar-refractivity contribution in [3.05, 3.63) is 148 Å². The molecule has 12 heteroatoms. The van der Waals surface area contributed by atoms with Crippen LogP contribution in [0.15, 0.2) is 124 Å². The van der Waals surface area contributed by atoms with Crippen molar-refractivity contribution >= 4 is 15.5 Å². The number of halogens is 2. The molecule has 0 fully saturated rings. The third-order valence-corrected chi connectivity index (χ3v) is 8.79. The van der Waals surface area contributed by atoms with Crippen LogP contribution in [0.5, 0.6) is 0 Å². The summed E-state index contributed by atoms with van der Waals surface area (Å²) in [7, 11) is -4.07. The van der Waals surface area contributed by atoms with E-state index in [0.717, 1.165) is 16.2 Å². The SMILES string of the molecule is C=C1C=CC(Cn2cc(-c3cc(C)nc(S(=O)(=O)CCC(OCc4ccccc4F)c4ccccc4)n3)cc(F)c2=O)=C/C1=N/O. The average molecular weight is 645 g/mol. The molecule has 0 aliphatic heterocycles. The maximum absolute atomic E-state index is 14.9. The van der Waals surface area contributed by atoms with Crippen LogP contribution in [0.4, 0.5) is 8.78 Å². The molecule has 0 saturated carbocycles. The number of pyridine rings is 1. The Morgan fingerprint density at radius 3 is 2.50 bits per heavy atom. The van der Waals surface area contributed by atoms with Crippen LogP contribution in [0.25, 0.3) is 11.3 Å². The molecule has 5 rings (SSSR count). The zero-order valence-corrected chi connectivity index (χ0v) is 25.6. The fourth-order valence-corrected chi connectivity index (χ4v) is 6.08. The van der Waals surface area contributed by atoms with Crippen molar-refractivity contribution in [2.75, 3.05) is 5.75 Å². The van der Waals surface area contributed by atoms with Crippen molar-refractivity contribution in [3.63, 3.8) is 0 Å². The van der Waals surface area contributed by atoms with Crippen LogP contribution < -0.4 is 5.56 Å². The number of ether oxygens (including phenoxy) is 1. The van der Waals surface area contributed by atoms with E-state index in [0.29, 0.717) is 22.4 Å². The second kappa shape index (κ2) is 13.9. The first-order valence-corrected chi connectivity index (χ1v) is 15.9. The Labute approximate surface area is 264 Å². The highest BCUT2D eigenvalue weighted by Crippen LogP contribution is 2.26. The van der Waals surface area contributed by atoms with Crippen LogP contribution in [-0.2, 0) is 27.7 Å². The highest BCUT2D eigenvalue weighted by molar-refractivity contribution is 7.91. The summed E-state index contributed by atoms with van der Waals surface area (Å²) >= 11 is 0. The molecule has 1 N–H and O–H groups in total. The summed E-state index contributed by atoms with van der Waals surface area (Å²) in [6.45, 7) is 5.22. The van der Waals surface area contributed by atoms with Gasteiger partial charge in [-0.1, -0.05) is 72.4 Å². The van der Waals surface area contributed by atoms with E-state index in [2.05, 4.69) is 21.7 Å². The first-order valence-electron chi connectivity index (χ1n) is 14.2. The maximum Gasteiger partial charge on any atom is 0.286 e. The highest BCUT2D eigenvalue weighted by Gasteiger charge is 2.24. The average Bonchev–Trinajstić information content (AvgIpc) is 3.04. The van der Waals surface area contributed by atoms with Gasteiger partial charge < -0.3 is 14.5 Å². The Hall–Kier alpha value is -5.07. The second-order valence-electron chi connectivity index (χ2n) is 10.7. The van der Waals surface area contributed by atoms with Gasteiger partial charge in [0.05, 0.1) is 30.7 Å². The molecule has 2 heterocycles. The van der Waals surface area contributed by atoms with Gasteiger partial charge in [0.25, 0.3) is 5.56 Å². The smallest absolute Gasteiger partial charge is 0.286 e. The van der Waals surface area contributed by atoms with E-state index < -0.39 is 38.3 Å².